The molecule has 0 saturated carbocycles. The van der Waals surface area contributed by atoms with Gasteiger partial charge in [-0.1, -0.05) is 78.9 Å². The van der Waals surface area contributed by atoms with Crippen LogP contribution in [0, 0.1) is 0 Å². The lowest BCUT2D eigenvalue weighted by molar-refractivity contribution is -0.144. The quantitative estimate of drug-likeness (QED) is 0.685. The average molecular weight is 346 g/mol. The van der Waals surface area contributed by atoms with Gasteiger partial charge < -0.3 is 9.84 Å². The Morgan fingerprint density at radius 1 is 0.846 bits per heavy atom. The van der Waals surface area contributed by atoms with Crippen molar-refractivity contribution in [1.29, 1.82) is 0 Å². The number of methoxy groups -OCH3 is 1. The smallest absolute Gasteiger partial charge is 0.314 e. The van der Waals surface area contributed by atoms with Crippen molar-refractivity contribution in [1.82, 2.24) is 0 Å². The summed E-state index contributed by atoms with van der Waals surface area (Å²) in [6.07, 6.45) is 0.760. The summed E-state index contributed by atoms with van der Waals surface area (Å²) in [7, 11) is 1.61. The Hall–Kier alpha value is -3.07. The third-order valence-corrected chi connectivity index (χ3v) is 4.77. The molecule has 3 heteroatoms. The summed E-state index contributed by atoms with van der Waals surface area (Å²) in [6.45, 7) is 0. The molecule has 0 aliphatic carbocycles. The van der Waals surface area contributed by atoms with Crippen LogP contribution < -0.4 is 4.74 Å². The van der Waals surface area contributed by atoms with Crippen LogP contribution in [0.25, 0.3) is 0 Å². The Morgan fingerprint density at radius 3 is 2.04 bits per heavy atom. The van der Waals surface area contributed by atoms with Crippen molar-refractivity contribution in [2.24, 2.45) is 0 Å². The van der Waals surface area contributed by atoms with Crippen molar-refractivity contribution in [2.45, 2.75) is 18.3 Å². The van der Waals surface area contributed by atoms with E-state index < -0.39 is 11.4 Å². The lowest BCUT2D eigenvalue weighted by Gasteiger charge is -2.31. The number of carboxylic acids is 1. The highest BCUT2D eigenvalue weighted by molar-refractivity contribution is 5.82. The molecule has 0 spiro atoms. The molecule has 0 saturated heterocycles. The molecule has 0 heterocycles. The number of carboxylic acid groups (broad SMARTS) is 1. The maximum atomic E-state index is 12.6. The normalized spacial score (nSPS) is 13.0. The van der Waals surface area contributed by atoms with Gasteiger partial charge in [0.15, 0.2) is 0 Å². The number of aliphatic carboxylic acids is 1. The maximum absolute atomic E-state index is 12.6. The first-order valence-electron chi connectivity index (χ1n) is 8.60. The number of benzene rings is 3. The van der Waals surface area contributed by atoms with Gasteiger partial charge in [-0.15, -0.1) is 0 Å². The molecule has 1 N–H and O–H groups in total. The van der Waals surface area contributed by atoms with Crippen molar-refractivity contribution in [3.63, 3.8) is 0 Å². The molecule has 0 amide bonds. The number of para-hydroxylation sites is 1. The monoisotopic (exact) mass is 346 g/mol. The highest BCUT2D eigenvalue weighted by Gasteiger charge is 2.41. The fourth-order valence-corrected chi connectivity index (χ4v) is 3.42. The SMILES string of the molecule is COc1ccccc1CC(Cc1ccccc1)(C(=O)O)c1ccccc1. The van der Waals surface area contributed by atoms with Gasteiger partial charge in [-0.2, -0.15) is 0 Å². The molecule has 1 unspecified atom stereocenters. The van der Waals surface area contributed by atoms with Gasteiger partial charge in [0, 0.05) is 0 Å². The van der Waals surface area contributed by atoms with Gasteiger partial charge in [0.05, 0.1) is 7.11 Å². The zero-order chi connectivity index (χ0) is 18.4. The Bertz CT molecular complexity index is 859. The van der Waals surface area contributed by atoms with Crippen LogP contribution in [0.2, 0.25) is 0 Å². The Balaban J connectivity index is 2.12. The number of hydrogen-bond donors (Lipinski definition) is 1. The molecule has 0 fully saturated rings. The zero-order valence-corrected chi connectivity index (χ0v) is 14.8. The number of ether oxygens (including phenoxy) is 1. The van der Waals surface area contributed by atoms with Crippen LogP contribution >= 0.6 is 0 Å². The van der Waals surface area contributed by atoms with Gasteiger partial charge in [0.2, 0.25) is 0 Å². The summed E-state index contributed by atoms with van der Waals surface area (Å²) < 4.78 is 5.46. The van der Waals surface area contributed by atoms with Crippen molar-refractivity contribution in [2.75, 3.05) is 7.11 Å². The topological polar surface area (TPSA) is 46.5 Å². The molecule has 3 rings (SSSR count). The van der Waals surface area contributed by atoms with E-state index in [9.17, 15) is 9.90 Å². The largest absolute Gasteiger partial charge is 0.496 e. The molecule has 0 bridgehead atoms. The maximum Gasteiger partial charge on any atom is 0.314 e. The predicted octanol–water partition coefficient (Wildman–Crippen LogP) is 4.50. The molecule has 26 heavy (non-hydrogen) atoms. The van der Waals surface area contributed by atoms with Crippen molar-refractivity contribution >= 4 is 5.97 Å². The van der Waals surface area contributed by atoms with E-state index in [-0.39, 0.29) is 0 Å². The molecule has 132 valence electrons. The third-order valence-electron chi connectivity index (χ3n) is 4.77. The number of hydrogen-bond acceptors (Lipinski definition) is 2. The summed E-state index contributed by atoms with van der Waals surface area (Å²) in [6, 6.07) is 26.9. The van der Waals surface area contributed by atoms with Crippen LogP contribution in [0.5, 0.6) is 5.75 Å². The highest BCUT2D eigenvalue weighted by atomic mass is 16.5. The van der Waals surface area contributed by atoms with Gasteiger partial charge in [0.1, 0.15) is 11.2 Å². The summed E-state index contributed by atoms with van der Waals surface area (Å²) in [4.78, 5) is 12.6. The number of rotatable bonds is 7. The molecule has 3 nitrogen and oxygen atoms in total. The molecular formula is C23H22O3. The van der Waals surface area contributed by atoms with Crippen molar-refractivity contribution in [3.05, 3.63) is 102 Å². The van der Waals surface area contributed by atoms with E-state index in [0.717, 1.165) is 16.7 Å². The summed E-state index contributed by atoms with van der Waals surface area (Å²) in [5, 5.41) is 10.3. The summed E-state index contributed by atoms with van der Waals surface area (Å²) in [5.41, 5.74) is 1.60. The molecule has 1 atom stereocenters. The highest BCUT2D eigenvalue weighted by Crippen LogP contribution is 2.35. The van der Waals surface area contributed by atoms with Gasteiger partial charge in [-0.05, 0) is 35.6 Å². The minimum Gasteiger partial charge on any atom is -0.496 e. The first-order valence-corrected chi connectivity index (χ1v) is 8.60. The van der Waals surface area contributed by atoms with Crippen LogP contribution in [0.15, 0.2) is 84.9 Å². The van der Waals surface area contributed by atoms with E-state index in [1.807, 2.05) is 84.9 Å². The minimum atomic E-state index is -1.07. The van der Waals surface area contributed by atoms with Crippen molar-refractivity contribution < 1.29 is 14.6 Å². The second-order valence-electron chi connectivity index (χ2n) is 6.40. The van der Waals surface area contributed by atoms with Gasteiger partial charge in [0.25, 0.3) is 0 Å². The van der Waals surface area contributed by atoms with E-state index in [1.165, 1.54) is 0 Å². The predicted molar refractivity (Wildman–Crippen MR) is 103 cm³/mol. The van der Waals surface area contributed by atoms with E-state index in [4.69, 9.17) is 4.74 Å². The first kappa shape index (κ1) is 17.7. The van der Waals surface area contributed by atoms with Gasteiger partial charge in [-0.3, -0.25) is 4.79 Å². The molecule has 3 aromatic carbocycles. The molecule has 0 aliphatic heterocycles. The van der Waals surface area contributed by atoms with Crippen LogP contribution in [-0.4, -0.2) is 18.2 Å². The van der Waals surface area contributed by atoms with Crippen LogP contribution in [0.1, 0.15) is 16.7 Å². The minimum absolute atomic E-state index is 0.352. The third kappa shape index (κ3) is 3.62. The molecular weight excluding hydrogens is 324 g/mol. The van der Waals surface area contributed by atoms with Gasteiger partial charge in [-0.25, -0.2) is 0 Å². The fraction of sp³-hybridized carbons (Fsp3) is 0.174. The van der Waals surface area contributed by atoms with E-state index in [0.29, 0.717) is 18.6 Å². The zero-order valence-electron chi connectivity index (χ0n) is 14.8. The average Bonchev–Trinajstić information content (AvgIpc) is 2.69. The van der Waals surface area contributed by atoms with E-state index in [2.05, 4.69) is 0 Å². The number of carbonyl (C=O) groups is 1. The lowest BCUT2D eigenvalue weighted by Crippen LogP contribution is -2.40. The molecule has 0 aromatic heterocycles. The fourth-order valence-electron chi connectivity index (χ4n) is 3.42. The Labute approximate surface area is 153 Å². The molecule has 0 aliphatic rings. The molecule has 0 radical (unpaired) electrons. The first-order chi connectivity index (χ1) is 12.7. The standard InChI is InChI=1S/C23H22O3/c1-26-21-15-9-8-12-19(21)17-23(22(24)25,20-13-6-3-7-14-20)16-18-10-4-2-5-11-18/h2-15H,16-17H2,1H3,(H,24,25). The second kappa shape index (κ2) is 7.87. The molecule has 3 aromatic rings. The van der Waals surface area contributed by atoms with Crippen LogP contribution in [-0.2, 0) is 23.1 Å². The van der Waals surface area contributed by atoms with Crippen LogP contribution in [0.3, 0.4) is 0 Å². The summed E-state index contributed by atoms with van der Waals surface area (Å²) >= 11 is 0. The Kier molecular flexibility index (Phi) is 5.37. The second-order valence-corrected chi connectivity index (χ2v) is 6.40. The van der Waals surface area contributed by atoms with E-state index >= 15 is 0 Å². The van der Waals surface area contributed by atoms with Crippen LogP contribution in [0.4, 0.5) is 0 Å². The van der Waals surface area contributed by atoms with Crippen molar-refractivity contribution in [3.8, 4) is 5.75 Å². The lowest BCUT2D eigenvalue weighted by atomic mass is 9.71. The summed E-state index contributed by atoms with van der Waals surface area (Å²) in [5.74, 6) is -0.124. The van der Waals surface area contributed by atoms with E-state index in [1.54, 1.807) is 7.11 Å². The van der Waals surface area contributed by atoms with Gasteiger partial charge >= 0.3 is 5.97 Å². The Morgan fingerprint density at radius 2 is 1.42 bits per heavy atom.